The minimum Gasteiger partial charge on any atom is -0.384 e. The Labute approximate surface area is 189 Å². The molecule has 0 bridgehead atoms. The van der Waals surface area contributed by atoms with E-state index in [0.717, 1.165) is 60.1 Å². The maximum Gasteiger partial charge on any atom is 0.166 e. The number of hydrogen-bond donors (Lipinski definition) is 1. The number of fused-ring (bicyclic) bond motifs is 2. The summed E-state index contributed by atoms with van der Waals surface area (Å²) in [6.07, 6.45) is 4.44. The van der Waals surface area contributed by atoms with Crippen LogP contribution in [0.1, 0.15) is 58.8 Å². The lowest BCUT2D eigenvalue weighted by Gasteiger charge is -2.22. The van der Waals surface area contributed by atoms with Gasteiger partial charge in [0.15, 0.2) is 5.78 Å². The number of pyridine rings is 1. The number of aromatic nitrogens is 1. The number of hydrogen-bond acceptors (Lipinski definition) is 3. The van der Waals surface area contributed by atoms with Crippen molar-refractivity contribution in [3.63, 3.8) is 0 Å². The molecule has 1 aromatic heterocycles. The molecule has 0 fully saturated rings. The third kappa shape index (κ3) is 4.16. The Hall–Kier alpha value is -3.46. The van der Waals surface area contributed by atoms with Crippen molar-refractivity contribution in [2.45, 2.75) is 38.0 Å². The fourth-order valence-corrected chi connectivity index (χ4v) is 4.89. The van der Waals surface area contributed by atoms with Gasteiger partial charge in [0.1, 0.15) is 0 Å². The maximum absolute atomic E-state index is 12.8. The molecule has 1 aliphatic carbocycles. The summed E-state index contributed by atoms with van der Waals surface area (Å²) in [7, 11) is 0. The van der Waals surface area contributed by atoms with E-state index in [1.54, 1.807) is 0 Å². The van der Waals surface area contributed by atoms with E-state index in [1.807, 2.05) is 18.2 Å². The van der Waals surface area contributed by atoms with Gasteiger partial charge in [0.2, 0.25) is 0 Å². The Kier molecular flexibility index (Phi) is 5.98. The molecule has 0 spiro atoms. The summed E-state index contributed by atoms with van der Waals surface area (Å²) in [6, 6.07) is 29.6. The first kappa shape index (κ1) is 20.4. The summed E-state index contributed by atoms with van der Waals surface area (Å²) in [4.78, 5) is 17.6. The number of carbonyl (C=O) groups is 1. The van der Waals surface area contributed by atoms with E-state index in [4.69, 9.17) is 4.98 Å². The van der Waals surface area contributed by atoms with E-state index in [2.05, 4.69) is 72.0 Å². The number of ketones is 1. The second-order valence-corrected chi connectivity index (χ2v) is 8.55. The van der Waals surface area contributed by atoms with Gasteiger partial charge < -0.3 is 5.32 Å². The Morgan fingerprint density at radius 1 is 0.812 bits per heavy atom. The first-order chi connectivity index (χ1) is 15.8. The van der Waals surface area contributed by atoms with Crippen molar-refractivity contribution in [1.29, 1.82) is 0 Å². The number of aryl methyl sites for hydroxylation is 1. The molecule has 3 aromatic carbocycles. The third-order valence-electron chi connectivity index (χ3n) is 6.44. The smallest absolute Gasteiger partial charge is 0.166 e. The predicted molar refractivity (Wildman–Crippen MR) is 131 cm³/mol. The molecular formula is C29H28N2O. The zero-order chi connectivity index (χ0) is 21.8. The maximum atomic E-state index is 12.8. The van der Waals surface area contributed by atoms with Crippen LogP contribution in [-0.2, 0) is 6.42 Å². The summed E-state index contributed by atoms with van der Waals surface area (Å²) < 4.78 is 0. The van der Waals surface area contributed by atoms with Gasteiger partial charge in [-0.1, -0.05) is 78.9 Å². The lowest BCUT2D eigenvalue weighted by molar-refractivity contribution is 0.0972. The number of rotatable bonds is 7. The molecule has 0 radical (unpaired) electrons. The molecule has 0 aliphatic heterocycles. The largest absolute Gasteiger partial charge is 0.384 e. The number of nitrogens with one attached hydrogen (secondary N) is 1. The van der Waals surface area contributed by atoms with Crippen LogP contribution in [-0.4, -0.2) is 17.3 Å². The molecular weight excluding hydrogens is 392 g/mol. The molecule has 0 saturated heterocycles. The SMILES string of the molecule is O=C1CCCc2nc3ccccc3c(NCCCC(c3ccccc3)c3ccccc3)c21. The number of Topliss-reactive ketones (excluding diaryl/α,β-unsaturated/α-hetero) is 1. The number of anilines is 1. The van der Waals surface area contributed by atoms with Gasteiger partial charge in [0, 0.05) is 24.3 Å². The highest BCUT2D eigenvalue weighted by Gasteiger charge is 2.24. The summed E-state index contributed by atoms with van der Waals surface area (Å²) in [5, 5.41) is 4.69. The molecule has 1 heterocycles. The van der Waals surface area contributed by atoms with Crippen LogP contribution in [0.4, 0.5) is 5.69 Å². The van der Waals surface area contributed by atoms with Gasteiger partial charge in [-0.2, -0.15) is 0 Å². The molecule has 3 heteroatoms. The molecule has 0 amide bonds. The van der Waals surface area contributed by atoms with Gasteiger partial charge in [-0.15, -0.1) is 0 Å². The third-order valence-corrected chi connectivity index (χ3v) is 6.44. The van der Waals surface area contributed by atoms with Crippen molar-refractivity contribution in [2.24, 2.45) is 0 Å². The van der Waals surface area contributed by atoms with Gasteiger partial charge in [0.25, 0.3) is 0 Å². The minimum atomic E-state index is 0.221. The van der Waals surface area contributed by atoms with E-state index in [-0.39, 0.29) is 5.78 Å². The molecule has 0 unspecified atom stereocenters. The molecule has 1 N–H and O–H groups in total. The highest BCUT2D eigenvalue weighted by atomic mass is 16.1. The fourth-order valence-electron chi connectivity index (χ4n) is 4.89. The highest BCUT2D eigenvalue weighted by Crippen LogP contribution is 2.34. The normalized spacial score (nSPS) is 13.3. The molecule has 160 valence electrons. The first-order valence-corrected chi connectivity index (χ1v) is 11.6. The summed E-state index contributed by atoms with van der Waals surface area (Å²) in [6.45, 7) is 0.823. The number of benzene rings is 3. The van der Waals surface area contributed by atoms with Crippen LogP contribution in [0.3, 0.4) is 0 Å². The molecule has 32 heavy (non-hydrogen) atoms. The van der Waals surface area contributed by atoms with E-state index < -0.39 is 0 Å². The van der Waals surface area contributed by atoms with Gasteiger partial charge in [-0.25, -0.2) is 0 Å². The number of carbonyl (C=O) groups excluding carboxylic acids is 1. The number of para-hydroxylation sites is 1. The van der Waals surface area contributed by atoms with Crippen LogP contribution in [0.15, 0.2) is 84.9 Å². The Balaban J connectivity index is 1.37. The predicted octanol–water partition coefficient (Wildman–Crippen LogP) is 6.78. The average Bonchev–Trinajstić information content (AvgIpc) is 2.84. The summed E-state index contributed by atoms with van der Waals surface area (Å²) in [5.74, 6) is 0.586. The quantitative estimate of drug-likeness (QED) is 0.335. The molecule has 1 aliphatic rings. The van der Waals surface area contributed by atoms with Crippen molar-refractivity contribution in [3.05, 3.63) is 107 Å². The average molecular weight is 421 g/mol. The Morgan fingerprint density at radius 2 is 1.47 bits per heavy atom. The van der Waals surface area contributed by atoms with Crippen molar-refractivity contribution in [3.8, 4) is 0 Å². The zero-order valence-electron chi connectivity index (χ0n) is 18.3. The monoisotopic (exact) mass is 420 g/mol. The minimum absolute atomic E-state index is 0.221. The lowest BCUT2D eigenvalue weighted by atomic mass is 9.87. The molecule has 3 nitrogen and oxygen atoms in total. The van der Waals surface area contributed by atoms with E-state index in [0.29, 0.717) is 12.3 Å². The summed E-state index contributed by atoms with van der Waals surface area (Å²) >= 11 is 0. The molecule has 4 aromatic rings. The molecule has 0 atom stereocenters. The van der Waals surface area contributed by atoms with Crippen molar-refractivity contribution in [1.82, 2.24) is 4.98 Å². The lowest BCUT2D eigenvalue weighted by Crippen LogP contribution is -2.17. The van der Waals surface area contributed by atoms with Crippen LogP contribution in [0.25, 0.3) is 10.9 Å². The van der Waals surface area contributed by atoms with E-state index >= 15 is 0 Å². The first-order valence-electron chi connectivity index (χ1n) is 11.6. The van der Waals surface area contributed by atoms with Crippen LogP contribution in [0.2, 0.25) is 0 Å². The van der Waals surface area contributed by atoms with Crippen molar-refractivity contribution < 1.29 is 4.79 Å². The van der Waals surface area contributed by atoms with Crippen LogP contribution < -0.4 is 5.32 Å². The fraction of sp³-hybridized carbons (Fsp3) is 0.241. The Morgan fingerprint density at radius 3 is 2.19 bits per heavy atom. The molecule has 0 saturated carbocycles. The second kappa shape index (κ2) is 9.35. The summed E-state index contributed by atoms with van der Waals surface area (Å²) in [5.41, 5.74) is 6.41. The second-order valence-electron chi connectivity index (χ2n) is 8.55. The highest BCUT2D eigenvalue weighted by molar-refractivity contribution is 6.09. The van der Waals surface area contributed by atoms with Gasteiger partial charge in [-0.3, -0.25) is 9.78 Å². The van der Waals surface area contributed by atoms with Crippen LogP contribution in [0, 0.1) is 0 Å². The Bertz CT molecular complexity index is 1180. The van der Waals surface area contributed by atoms with Gasteiger partial charge >= 0.3 is 0 Å². The van der Waals surface area contributed by atoms with E-state index in [9.17, 15) is 4.79 Å². The van der Waals surface area contributed by atoms with Crippen LogP contribution in [0.5, 0.6) is 0 Å². The zero-order valence-corrected chi connectivity index (χ0v) is 18.3. The van der Waals surface area contributed by atoms with E-state index in [1.165, 1.54) is 11.1 Å². The molecule has 5 rings (SSSR count). The van der Waals surface area contributed by atoms with Gasteiger partial charge in [-0.05, 0) is 42.9 Å². The number of nitrogens with zero attached hydrogens (tertiary/aromatic N) is 1. The van der Waals surface area contributed by atoms with Crippen LogP contribution >= 0.6 is 0 Å². The van der Waals surface area contributed by atoms with Crippen molar-refractivity contribution >= 4 is 22.4 Å². The standard InChI is InChI=1S/C29H28N2O/c32-27-19-9-18-26-28(27)29(24-15-7-8-17-25(24)31-26)30-20-10-16-23(21-11-3-1-4-12-21)22-13-5-2-6-14-22/h1-8,11-15,17,23H,9-10,16,18-20H2,(H,30,31). The van der Waals surface area contributed by atoms with Crippen molar-refractivity contribution in [2.75, 3.05) is 11.9 Å². The topological polar surface area (TPSA) is 42.0 Å². The van der Waals surface area contributed by atoms with Gasteiger partial charge in [0.05, 0.1) is 22.5 Å².